The number of likely N-dealkylation sites (tertiary alicyclic amines) is 1. The number of amides is 1. The van der Waals surface area contributed by atoms with E-state index >= 15 is 0 Å². The zero-order chi connectivity index (χ0) is 12.2. The molecule has 0 aromatic heterocycles. The van der Waals surface area contributed by atoms with Crippen LogP contribution in [0.1, 0.15) is 40.0 Å². The standard InChI is InChI=1S/C12H21NO3/c1-4-12(2,3)16-11(15)13-7-5-10(9-14)6-8-13/h9-10H,4-8H2,1-3H3. The third-order valence-electron chi connectivity index (χ3n) is 3.21. The van der Waals surface area contributed by atoms with Crippen LogP contribution in [0.5, 0.6) is 0 Å². The molecule has 0 spiro atoms. The van der Waals surface area contributed by atoms with Crippen LogP contribution in [-0.2, 0) is 9.53 Å². The average Bonchev–Trinajstić information content (AvgIpc) is 2.28. The van der Waals surface area contributed by atoms with Gasteiger partial charge in [0, 0.05) is 19.0 Å². The summed E-state index contributed by atoms with van der Waals surface area (Å²) in [6.07, 6.45) is 3.04. The van der Waals surface area contributed by atoms with Crippen molar-refractivity contribution in [1.29, 1.82) is 0 Å². The minimum Gasteiger partial charge on any atom is -0.443 e. The molecule has 1 heterocycles. The lowest BCUT2D eigenvalue weighted by Crippen LogP contribution is -2.42. The molecule has 1 aliphatic rings. The van der Waals surface area contributed by atoms with Crippen molar-refractivity contribution in [3.05, 3.63) is 0 Å². The van der Waals surface area contributed by atoms with Gasteiger partial charge >= 0.3 is 6.09 Å². The summed E-state index contributed by atoms with van der Waals surface area (Å²) in [6, 6.07) is 0. The Hall–Kier alpha value is -1.06. The predicted octanol–water partition coefficient (Wildman–Crippen LogP) is 2.22. The fraction of sp³-hybridized carbons (Fsp3) is 0.833. The molecule has 0 unspecified atom stereocenters. The molecule has 0 saturated carbocycles. The van der Waals surface area contributed by atoms with E-state index in [0.29, 0.717) is 13.1 Å². The number of hydrogen-bond acceptors (Lipinski definition) is 3. The van der Waals surface area contributed by atoms with Crippen molar-refractivity contribution in [2.45, 2.75) is 45.6 Å². The number of rotatable bonds is 3. The molecular weight excluding hydrogens is 206 g/mol. The molecule has 16 heavy (non-hydrogen) atoms. The summed E-state index contributed by atoms with van der Waals surface area (Å²) in [4.78, 5) is 24.1. The molecule has 0 aromatic carbocycles. The van der Waals surface area contributed by atoms with Crippen LogP contribution in [-0.4, -0.2) is 36.0 Å². The Balaban J connectivity index is 2.42. The number of ether oxygens (including phenoxy) is 1. The van der Waals surface area contributed by atoms with Crippen molar-refractivity contribution in [2.75, 3.05) is 13.1 Å². The fourth-order valence-electron chi connectivity index (χ4n) is 1.59. The second kappa shape index (κ2) is 5.32. The summed E-state index contributed by atoms with van der Waals surface area (Å²) in [7, 11) is 0. The molecule has 4 nitrogen and oxygen atoms in total. The first-order valence-electron chi connectivity index (χ1n) is 5.91. The molecule has 1 rings (SSSR count). The monoisotopic (exact) mass is 227 g/mol. The largest absolute Gasteiger partial charge is 0.443 e. The molecule has 92 valence electrons. The Labute approximate surface area is 96.9 Å². The van der Waals surface area contributed by atoms with Gasteiger partial charge in [-0.05, 0) is 33.1 Å². The van der Waals surface area contributed by atoms with E-state index in [9.17, 15) is 9.59 Å². The van der Waals surface area contributed by atoms with Crippen LogP contribution in [0.2, 0.25) is 0 Å². The molecule has 1 fully saturated rings. The van der Waals surface area contributed by atoms with Crippen LogP contribution >= 0.6 is 0 Å². The molecule has 0 N–H and O–H groups in total. The predicted molar refractivity (Wildman–Crippen MR) is 61.2 cm³/mol. The zero-order valence-corrected chi connectivity index (χ0v) is 10.4. The Morgan fingerprint density at radius 3 is 2.44 bits per heavy atom. The van der Waals surface area contributed by atoms with E-state index in [1.54, 1.807) is 4.90 Å². The van der Waals surface area contributed by atoms with Crippen LogP contribution in [0, 0.1) is 5.92 Å². The second-order valence-corrected chi connectivity index (χ2v) is 4.94. The van der Waals surface area contributed by atoms with E-state index in [-0.39, 0.29) is 12.0 Å². The van der Waals surface area contributed by atoms with Gasteiger partial charge in [-0.2, -0.15) is 0 Å². The lowest BCUT2D eigenvalue weighted by atomic mass is 9.99. The van der Waals surface area contributed by atoms with Crippen molar-refractivity contribution in [2.24, 2.45) is 5.92 Å². The molecule has 1 aliphatic heterocycles. The normalized spacial score (nSPS) is 18.3. The third-order valence-corrected chi connectivity index (χ3v) is 3.21. The number of piperidine rings is 1. The van der Waals surface area contributed by atoms with Gasteiger partial charge < -0.3 is 14.4 Å². The van der Waals surface area contributed by atoms with Gasteiger partial charge in [0.25, 0.3) is 0 Å². The summed E-state index contributed by atoms with van der Waals surface area (Å²) in [6.45, 7) is 7.06. The fourth-order valence-corrected chi connectivity index (χ4v) is 1.59. The topological polar surface area (TPSA) is 46.6 Å². The summed E-state index contributed by atoms with van der Waals surface area (Å²) >= 11 is 0. The van der Waals surface area contributed by atoms with Gasteiger partial charge in [-0.25, -0.2) is 4.79 Å². The summed E-state index contributed by atoms with van der Waals surface area (Å²) in [5.74, 6) is 0.114. The highest BCUT2D eigenvalue weighted by Gasteiger charge is 2.27. The van der Waals surface area contributed by atoms with Gasteiger partial charge in [-0.1, -0.05) is 6.92 Å². The minimum atomic E-state index is -0.404. The van der Waals surface area contributed by atoms with Crippen LogP contribution in [0.3, 0.4) is 0 Å². The van der Waals surface area contributed by atoms with E-state index in [1.807, 2.05) is 20.8 Å². The highest BCUT2D eigenvalue weighted by molar-refractivity contribution is 5.68. The number of nitrogens with zero attached hydrogens (tertiary/aromatic N) is 1. The molecule has 1 amide bonds. The van der Waals surface area contributed by atoms with Crippen LogP contribution < -0.4 is 0 Å². The van der Waals surface area contributed by atoms with Crippen molar-refractivity contribution in [3.63, 3.8) is 0 Å². The van der Waals surface area contributed by atoms with Crippen molar-refractivity contribution >= 4 is 12.4 Å². The van der Waals surface area contributed by atoms with Crippen LogP contribution in [0.4, 0.5) is 4.79 Å². The second-order valence-electron chi connectivity index (χ2n) is 4.94. The Kier molecular flexibility index (Phi) is 4.33. The van der Waals surface area contributed by atoms with E-state index in [4.69, 9.17) is 4.74 Å². The molecule has 4 heteroatoms. The Morgan fingerprint density at radius 2 is 2.00 bits per heavy atom. The lowest BCUT2D eigenvalue weighted by Gasteiger charge is -2.32. The molecule has 0 radical (unpaired) electrons. The number of aldehydes is 1. The van der Waals surface area contributed by atoms with E-state index < -0.39 is 5.60 Å². The van der Waals surface area contributed by atoms with E-state index in [2.05, 4.69) is 0 Å². The molecule has 1 saturated heterocycles. The van der Waals surface area contributed by atoms with Gasteiger partial charge in [0.05, 0.1) is 0 Å². The Bertz CT molecular complexity index is 255. The third kappa shape index (κ3) is 3.51. The summed E-state index contributed by atoms with van der Waals surface area (Å²) in [5, 5.41) is 0. The van der Waals surface area contributed by atoms with Gasteiger partial charge in [0.1, 0.15) is 11.9 Å². The van der Waals surface area contributed by atoms with Gasteiger partial charge in [0.15, 0.2) is 0 Å². The SMILES string of the molecule is CCC(C)(C)OC(=O)N1CCC(C=O)CC1. The minimum absolute atomic E-state index is 0.114. The molecule has 0 aliphatic carbocycles. The maximum absolute atomic E-state index is 11.8. The number of hydrogen-bond donors (Lipinski definition) is 0. The number of carbonyl (C=O) groups excluding carboxylic acids is 2. The zero-order valence-electron chi connectivity index (χ0n) is 10.4. The first-order valence-corrected chi connectivity index (χ1v) is 5.91. The maximum atomic E-state index is 11.8. The van der Waals surface area contributed by atoms with Crippen molar-refractivity contribution < 1.29 is 14.3 Å². The summed E-state index contributed by atoms with van der Waals surface area (Å²) < 4.78 is 5.39. The average molecular weight is 227 g/mol. The highest BCUT2D eigenvalue weighted by atomic mass is 16.6. The van der Waals surface area contributed by atoms with Crippen LogP contribution in [0.25, 0.3) is 0 Å². The Morgan fingerprint density at radius 1 is 1.44 bits per heavy atom. The maximum Gasteiger partial charge on any atom is 0.410 e. The first-order chi connectivity index (χ1) is 7.48. The van der Waals surface area contributed by atoms with Crippen LogP contribution in [0.15, 0.2) is 0 Å². The van der Waals surface area contributed by atoms with Gasteiger partial charge in [0.2, 0.25) is 0 Å². The molecule has 0 atom stereocenters. The number of carbonyl (C=O) groups is 2. The van der Waals surface area contributed by atoms with Crippen molar-refractivity contribution in [3.8, 4) is 0 Å². The lowest BCUT2D eigenvalue weighted by molar-refractivity contribution is -0.112. The molecular formula is C12H21NO3. The smallest absolute Gasteiger partial charge is 0.410 e. The molecule has 0 aromatic rings. The van der Waals surface area contributed by atoms with Crippen molar-refractivity contribution in [1.82, 2.24) is 4.90 Å². The quantitative estimate of drug-likeness (QED) is 0.694. The van der Waals surface area contributed by atoms with E-state index in [1.165, 1.54) is 0 Å². The van der Waals surface area contributed by atoms with Gasteiger partial charge in [-0.3, -0.25) is 0 Å². The summed E-state index contributed by atoms with van der Waals surface area (Å²) in [5.41, 5.74) is -0.404. The molecule has 0 bridgehead atoms. The van der Waals surface area contributed by atoms with Gasteiger partial charge in [-0.15, -0.1) is 0 Å². The van der Waals surface area contributed by atoms with E-state index in [0.717, 1.165) is 25.5 Å². The highest BCUT2D eigenvalue weighted by Crippen LogP contribution is 2.19. The first kappa shape index (κ1) is 13.0.